The van der Waals surface area contributed by atoms with Crippen molar-refractivity contribution in [3.05, 3.63) is 21.0 Å². The molecule has 1 atom stereocenters. The summed E-state index contributed by atoms with van der Waals surface area (Å²) in [5.74, 6) is -0.174. The molecular formula is C22H41N3O5. The van der Waals surface area contributed by atoms with E-state index in [0.717, 1.165) is 55.9 Å². The van der Waals surface area contributed by atoms with Crippen molar-refractivity contribution in [1.29, 1.82) is 0 Å². The second kappa shape index (κ2) is 13.5. The maximum atomic E-state index is 12.5. The van der Waals surface area contributed by atoms with E-state index >= 15 is 0 Å². The van der Waals surface area contributed by atoms with Crippen LogP contribution in [0.4, 0.5) is 0 Å². The van der Waals surface area contributed by atoms with Gasteiger partial charge in [0, 0.05) is 26.6 Å². The zero-order valence-corrected chi connectivity index (χ0v) is 19.3. The van der Waals surface area contributed by atoms with Crippen LogP contribution in [0.5, 0.6) is 0 Å². The highest BCUT2D eigenvalue weighted by Crippen LogP contribution is 2.19. The Labute approximate surface area is 179 Å². The molecule has 1 unspecified atom stereocenters. The van der Waals surface area contributed by atoms with E-state index in [9.17, 15) is 19.5 Å². The fraction of sp³-hybridized carbons (Fsp3) is 0.864. The minimum atomic E-state index is -0.850. The molecule has 1 aromatic rings. The molecule has 0 amide bonds. The lowest BCUT2D eigenvalue weighted by atomic mass is 9.94. The van der Waals surface area contributed by atoms with Crippen molar-refractivity contribution in [2.45, 2.75) is 110 Å². The Kier molecular flexibility index (Phi) is 11.8. The van der Waals surface area contributed by atoms with Crippen molar-refractivity contribution in [2.75, 3.05) is 6.61 Å². The van der Waals surface area contributed by atoms with Crippen molar-refractivity contribution >= 4 is 5.97 Å². The minimum absolute atomic E-state index is 0.174. The second-order valence-electron chi connectivity index (χ2n) is 8.40. The molecule has 0 aliphatic heterocycles. The largest absolute Gasteiger partial charge is 0.466 e. The van der Waals surface area contributed by atoms with E-state index in [4.69, 9.17) is 4.74 Å². The minimum Gasteiger partial charge on any atom is -0.466 e. The predicted octanol–water partition coefficient (Wildman–Crippen LogP) is 2.97. The summed E-state index contributed by atoms with van der Waals surface area (Å²) in [7, 11) is 1.49. The Morgan fingerprint density at radius 3 is 2.13 bits per heavy atom. The maximum Gasteiger partial charge on any atom is 0.346 e. The molecule has 0 saturated heterocycles. The molecular weight excluding hydrogens is 386 g/mol. The Balaban J connectivity index is 2.57. The number of hydrogen-bond donors (Lipinski definition) is 1. The van der Waals surface area contributed by atoms with Gasteiger partial charge >= 0.3 is 17.3 Å². The van der Waals surface area contributed by atoms with Crippen LogP contribution >= 0.6 is 0 Å². The first-order valence-corrected chi connectivity index (χ1v) is 11.5. The molecule has 8 heteroatoms. The van der Waals surface area contributed by atoms with E-state index in [2.05, 4.69) is 6.92 Å². The molecule has 0 aliphatic rings. The van der Waals surface area contributed by atoms with E-state index in [-0.39, 0.29) is 17.3 Å². The molecule has 0 saturated carbocycles. The van der Waals surface area contributed by atoms with Gasteiger partial charge in [-0.3, -0.25) is 4.79 Å². The molecule has 174 valence electrons. The fourth-order valence-electron chi connectivity index (χ4n) is 3.59. The molecule has 0 spiro atoms. The van der Waals surface area contributed by atoms with Crippen LogP contribution in [0.15, 0.2) is 9.59 Å². The number of carbonyl (C=O) groups is 1. The summed E-state index contributed by atoms with van der Waals surface area (Å²) >= 11 is 0. The lowest BCUT2D eigenvalue weighted by Crippen LogP contribution is -2.32. The summed E-state index contributed by atoms with van der Waals surface area (Å²) in [6, 6.07) is 0. The average molecular weight is 428 g/mol. The van der Waals surface area contributed by atoms with E-state index in [1.165, 1.54) is 16.4 Å². The third kappa shape index (κ3) is 8.90. The Bertz CT molecular complexity index is 745. The van der Waals surface area contributed by atoms with E-state index in [1.54, 1.807) is 13.8 Å². The number of unbranched alkanes of at least 4 members (excludes halogenated alkanes) is 6. The van der Waals surface area contributed by atoms with Gasteiger partial charge in [0.25, 0.3) is 0 Å². The number of hydrogen-bond acceptors (Lipinski definition) is 5. The second-order valence-corrected chi connectivity index (χ2v) is 8.40. The van der Waals surface area contributed by atoms with Crippen LogP contribution in [-0.2, 0) is 29.7 Å². The molecule has 1 aromatic heterocycles. The van der Waals surface area contributed by atoms with Crippen molar-refractivity contribution in [3.63, 3.8) is 0 Å². The zero-order chi connectivity index (χ0) is 22.6. The van der Waals surface area contributed by atoms with Crippen molar-refractivity contribution < 1.29 is 14.6 Å². The molecule has 0 bridgehead atoms. The molecule has 0 fully saturated rings. The highest BCUT2D eigenvalue weighted by atomic mass is 16.5. The molecule has 0 aliphatic carbocycles. The monoisotopic (exact) mass is 427 g/mol. The summed E-state index contributed by atoms with van der Waals surface area (Å²) < 4.78 is 8.98. The number of aliphatic hydroxyl groups is 1. The summed E-state index contributed by atoms with van der Waals surface area (Å²) in [5, 5.41) is 10.6. The zero-order valence-electron chi connectivity index (χ0n) is 19.3. The van der Waals surface area contributed by atoms with Gasteiger partial charge in [-0.15, -0.1) is 0 Å². The number of rotatable bonds is 16. The number of nitrogens with zero attached hydrogens (tertiary/aromatic N) is 3. The summed E-state index contributed by atoms with van der Waals surface area (Å²) in [6.07, 6.45) is 9.15. The standard InChI is InChI=1S/C22H41N3O5/c1-5-7-8-12-15-22(3,29)16-18-25-21(28)23(4)20(27)24(25)17-13-10-9-11-14-19(26)30-6-2/h29H,5-18H2,1-4H3. The Hall–Kier alpha value is -1.83. The molecule has 1 rings (SSSR count). The topological polar surface area (TPSA) is 95.5 Å². The van der Waals surface area contributed by atoms with Gasteiger partial charge in [-0.1, -0.05) is 45.4 Å². The third-order valence-electron chi connectivity index (χ3n) is 5.54. The van der Waals surface area contributed by atoms with Crippen LogP contribution in [0.3, 0.4) is 0 Å². The van der Waals surface area contributed by atoms with Gasteiger partial charge in [0.1, 0.15) is 0 Å². The first kappa shape index (κ1) is 26.2. The first-order valence-electron chi connectivity index (χ1n) is 11.5. The summed E-state index contributed by atoms with van der Waals surface area (Å²) in [5.41, 5.74) is -1.52. The Morgan fingerprint density at radius 1 is 0.900 bits per heavy atom. The highest BCUT2D eigenvalue weighted by molar-refractivity contribution is 5.69. The van der Waals surface area contributed by atoms with Gasteiger partial charge in [0.05, 0.1) is 12.2 Å². The SMILES string of the molecule is CCCCCCC(C)(O)CCn1c(=O)n(C)c(=O)n1CCCCCCC(=O)OCC. The third-order valence-corrected chi connectivity index (χ3v) is 5.54. The lowest BCUT2D eigenvalue weighted by molar-refractivity contribution is -0.143. The van der Waals surface area contributed by atoms with E-state index < -0.39 is 5.60 Å². The molecule has 1 heterocycles. The number of aromatic nitrogens is 3. The first-order chi connectivity index (χ1) is 14.2. The molecule has 0 aromatic carbocycles. The van der Waals surface area contributed by atoms with Crippen molar-refractivity contribution in [1.82, 2.24) is 13.9 Å². The predicted molar refractivity (Wildman–Crippen MR) is 118 cm³/mol. The van der Waals surface area contributed by atoms with Gasteiger partial charge in [-0.25, -0.2) is 23.5 Å². The van der Waals surface area contributed by atoms with Crippen LogP contribution < -0.4 is 11.4 Å². The van der Waals surface area contributed by atoms with Gasteiger partial charge in [0.15, 0.2) is 0 Å². The number of esters is 1. The maximum absolute atomic E-state index is 12.5. The van der Waals surface area contributed by atoms with Crippen molar-refractivity contribution in [2.24, 2.45) is 7.05 Å². The van der Waals surface area contributed by atoms with Gasteiger partial charge in [-0.05, 0) is 39.5 Å². The number of carbonyl (C=O) groups excluding carboxylic acids is 1. The smallest absolute Gasteiger partial charge is 0.346 e. The average Bonchev–Trinajstić information content (AvgIpc) is 2.90. The quantitative estimate of drug-likeness (QED) is 0.323. The van der Waals surface area contributed by atoms with E-state index in [1.807, 2.05) is 0 Å². The van der Waals surface area contributed by atoms with Crippen LogP contribution in [0.2, 0.25) is 0 Å². The summed E-state index contributed by atoms with van der Waals surface area (Å²) in [4.78, 5) is 36.3. The van der Waals surface area contributed by atoms with Crippen LogP contribution in [-0.4, -0.2) is 37.2 Å². The molecule has 0 radical (unpaired) electrons. The number of ether oxygens (including phenoxy) is 1. The molecule has 8 nitrogen and oxygen atoms in total. The van der Waals surface area contributed by atoms with Gasteiger partial charge in [0.2, 0.25) is 0 Å². The van der Waals surface area contributed by atoms with Crippen molar-refractivity contribution in [3.8, 4) is 0 Å². The fourth-order valence-corrected chi connectivity index (χ4v) is 3.59. The van der Waals surface area contributed by atoms with Crippen LogP contribution in [0.1, 0.15) is 91.4 Å². The Morgan fingerprint density at radius 2 is 1.50 bits per heavy atom. The molecule has 1 N–H and O–H groups in total. The van der Waals surface area contributed by atoms with E-state index in [0.29, 0.717) is 39.0 Å². The normalized spacial score (nSPS) is 13.4. The highest BCUT2D eigenvalue weighted by Gasteiger charge is 2.22. The van der Waals surface area contributed by atoms with Crippen LogP contribution in [0.25, 0.3) is 0 Å². The van der Waals surface area contributed by atoms with Crippen LogP contribution in [0, 0.1) is 0 Å². The van der Waals surface area contributed by atoms with Gasteiger partial charge in [-0.2, -0.15) is 0 Å². The lowest BCUT2D eigenvalue weighted by Gasteiger charge is -2.23. The summed E-state index contributed by atoms with van der Waals surface area (Å²) in [6.45, 7) is 6.92. The molecule has 30 heavy (non-hydrogen) atoms. The van der Waals surface area contributed by atoms with Gasteiger partial charge < -0.3 is 9.84 Å².